The molecule has 4 N–H and O–H groups in total. The van der Waals surface area contributed by atoms with Crippen LogP contribution in [0.3, 0.4) is 0 Å². The number of anilines is 2. The molecule has 1 atom stereocenters. The third kappa shape index (κ3) is 3.14. The van der Waals surface area contributed by atoms with E-state index in [2.05, 4.69) is 20.7 Å². The molecule has 9 nitrogen and oxygen atoms in total. The maximum Gasteiger partial charge on any atom is 0.245 e. The lowest BCUT2D eigenvalue weighted by molar-refractivity contribution is -0.124. The van der Waals surface area contributed by atoms with Crippen molar-refractivity contribution >= 4 is 17.5 Å². The van der Waals surface area contributed by atoms with Gasteiger partial charge in [-0.15, -0.1) is 0 Å². The number of carbonyl (C=O) groups excluding carboxylic acids is 1. The lowest BCUT2D eigenvalue weighted by Crippen LogP contribution is -2.54. The monoisotopic (exact) mass is 296 g/mol. The summed E-state index contributed by atoms with van der Waals surface area (Å²) >= 11 is 0. The highest BCUT2D eigenvalue weighted by molar-refractivity contribution is 5.86. The van der Waals surface area contributed by atoms with Crippen LogP contribution in [0.4, 0.5) is 11.6 Å². The second kappa shape index (κ2) is 7.04. The van der Waals surface area contributed by atoms with Gasteiger partial charge in [0.15, 0.2) is 11.6 Å². The normalized spacial score (nSPS) is 18.2. The Labute approximate surface area is 122 Å². The molecule has 0 aliphatic carbocycles. The maximum absolute atomic E-state index is 12.2. The zero-order chi connectivity index (χ0) is 15.2. The van der Waals surface area contributed by atoms with E-state index in [0.29, 0.717) is 43.7 Å². The fourth-order valence-electron chi connectivity index (χ4n) is 2.23. The molecule has 116 valence electrons. The number of ether oxygens (including phenoxy) is 2. The first kappa shape index (κ1) is 15.3. The number of methoxy groups -OCH3 is 1. The number of likely N-dealkylation sites (N-methyl/N-ethyl adjacent to an activating group) is 1. The summed E-state index contributed by atoms with van der Waals surface area (Å²) in [6, 6.07) is -0.465. The standard InChI is InChI=1S/C12H20N6O3/c1-3-14-12(19)8-6-21-5-4-18(8)11-9(20-2)10(17-13)15-7-16-11/h7-8H,3-6,13H2,1-2H3,(H,14,19)(H,15,16,17). The largest absolute Gasteiger partial charge is 0.490 e. The van der Waals surface area contributed by atoms with Crippen molar-refractivity contribution in [2.75, 3.05) is 43.7 Å². The minimum Gasteiger partial charge on any atom is -0.490 e. The van der Waals surface area contributed by atoms with Gasteiger partial charge in [0.2, 0.25) is 11.7 Å². The van der Waals surface area contributed by atoms with Gasteiger partial charge < -0.3 is 25.1 Å². The van der Waals surface area contributed by atoms with Crippen molar-refractivity contribution in [3.05, 3.63) is 6.33 Å². The second-order valence-corrected chi connectivity index (χ2v) is 4.40. The van der Waals surface area contributed by atoms with Crippen LogP contribution in [-0.2, 0) is 9.53 Å². The van der Waals surface area contributed by atoms with E-state index in [1.807, 2.05) is 11.8 Å². The number of hydrogen-bond donors (Lipinski definition) is 3. The Morgan fingerprint density at radius 2 is 2.43 bits per heavy atom. The highest BCUT2D eigenvalue weighted by Gasteiger charge is 2.32. The van der Waals surface area contributed by atoms with Crippen molar-refractivity contribution in [3.63, 3.8) is 0 Å². The van der Waals surface area contributed by atoms with E-state index in [-0.39, 0.29) is 5.91 Å². The highest BCUT2D eigenvalue weighted by Crippen LogP contribution is 2.33. The average Bonchev–Trinajstić information content (AvgIpc) is 2.54. The van der Waals surface area contributed by atoms with Crippen molar-refractivity contribution < 1.29 is 14.3 Å². The average molecular weight is 296 g/mol. The molecule has 9 heteroatoms. The summed E-state index contributed by atoms with van der Waals surface area (Å²) in [4.78, 5) is 22.3. The molecule has 1 aliphatic rings. The molecule has 1 aliphatic heterocycles. The molecule has 1 aromatic heterocycles. The summed E-state index contributed by atoms with van der Waals surface area (Å²) in [6.07, 6.45) is 1.37. The zero-order valence-electron chi connectivity index (χ0n) is 12.1. The van der Waals surface area contributed by atoms with Gasteiger partial charge >= 0.3 is 0 Å². The van der Waals surface area contributed by atoms with Gasteiger partial charge in [-0.3, -0.25) is 4.79 Å². The van der Waals surface area contributed by atoms with Gasteiger partial charge in [-0.1, -0.05) is 0 Å². The smallest absolute Gasteiger partial charge is 0.245 e. The molecule has 0 bridgehead atoms. The molecule has 0 radical (unpaired) electrons. The number of hydrogen-bond acceptors (Lipinski definition) is 8. The third-order valence-corrected chi connectivity index (χ3v) is 3.18. The van der Waals surface area contributed by atoms with Crippen LogP contribution in [-0.4, -0.2) is 55.3 Å². The van der Waals surface area contributed by atoms with Gasteiger partial charge in [0.25, 0.3) is 0 Å². The lowest BCUT2D eigenvalue weighted by Gasteiger charge is -2.35. The number of rotatable bonds is 5. The molecule has 1 fully saturated rings. The molecule has 1 aromatic rings. The molecule has 0 aromatic carbocycles. The van der Waals surface area contributed by atoms with Crippen LogP contribution in [0.15, 0.2) is 6.33 Å². The van der Waals surface area contributed by atoms with Gasteiger partial charge in [-0.05, 0) is 6.92 Å². The molecule has 1 saturated heterocycles. The van der Waals surface area contributed by atoms with Crippen LogP contribution in [0, 0.1) is 0 Å². The molecule has 0 spiro atoms. The minimum atomic E-state index is -0.465. The maximum atomic E-state index is 12.2. The predicted molar refractivity (Wildman–Crippen MR) is 77.0 cm³/mol. The van der Waals surface area contributed by atoms with Crippen molar-refractivity contribution in [2.45, 2.75) is 13.0 Å². The van der Waals surface area contributed by atoms with Gasteiger partial charge in [0, 0.05) is 13.1 Å². The number of morpholine rings is 1. The SMILES string of the molecule is CCNC(=O)C1COCCN1c1ncnc(NN)c1OC. The van der Waals surface area contributed by atoms with Crippen molar-refractivity contribution in [3.8, 4) is 5.75 Å². The molecule has 2 rings (SSSR count). The third-order valence-electron chi connectivity index (χ3n) is 3.18. The van der Waals surface area contributed by atoms with Gasteiger partial charge in [-0.25, -0.2) is 15.8 Å². The number of hydrazine groups is 1. The summed E-state index contributed by atoms with van der Waals surface area (Å²) in [6.45, 7) is 3.76. The quantitative estimate of drug-likeness (QED) is 0.473. The Balaban J connectivity index is 2.35. The number of nitrogens with one attached hydrogen (secondary N) is 2. The first-order valence-electron chi connectivity index (χ1n) is 6.70. The van der Waals surface area contributed by atoms with E-state index in [4.69, 9.17) is 15.3 Å². The Hall–Kier alpha value is -2.13. The van der Waals surface area contributed by atoms with Crippen LogP contribution >= 0.6 is 0 Å². The van der Waals surface area contributed by atoms with Crippen molar-refractivity contribution in [2.24, 2.45) is 5.84 Å². The first-order valence-corrected chi connectivity index (χ1v) is 6.70. The van der Waals surface area contributed by atoms with Gasteiger partial charge in [0.1, 0.15) is 12.4 Å². The molecule has 21 heavy (non-hydrogen) atoms. The zero-order valence-corrected chi connectivity index (χ0v) is 12.1. The van der Waals surface area contributed by atoms with Crippen LogP contribution in [0.2, 0.25) is 0 Å². The van der Waals surface area contributed by atoms with E-state index in [1.165, 1.54) is 13.4 Å². The summed E-state index contributed by atoms with van der Waals surface area (Å²) in [5.41, 5.74) is 2.46. The van der Waals surface area contributed by atoms with Crippen LogP contribution in [0.25, 0.3) is 0 Å². The molecule has 0 saturated carbocycles. The summed E-state index contributed by atoms with van der Waals surface area (Å²) in [5.74, 6) is 6.59. The van der Waals surface area contributed by atoms with Crippen LogP contribution in [0.1, 0.15) is 6.92 Å². The molecular weight excluding hydrogens is 276 g/mol. The predicted octanol–water partition coefficient (Wildman–Crippen LogP) is -0.888. The summed E-state index contributed by atoms with van der Waals surface area (Å²) < 4.78 is 10.7. The molecule has 1 unspecified atom stereocenters. The van der Waals surface area contributed by atoms with Crippen molar-refractivity contribution in [1.29, 1.82) is 0 Å². The summed E-state index contributed by atoms with van der Waals surface area (Å²) in [7, 11) is 1.50. The second-order valence-electron chi connectivity index (χ2n) is 4.40. The molecule has 1 amide bonds. The Kier molecular flexibility index (Phi) is 5.12. The number of nitrogen functional groups attached to an aromatic ring is 1. The molecular formula is C12H20N6O3. The fourth-order valence-corrected chi connectivity index (χ4v) is 2.23. The lowest BCUT2D eigenvalue weighted by atomic mass is 10.2. The van der Waals surface area contributed by atoms with E-state index in [9.17, 15) is 4.79 Å². The summed E-state index contributed by atoms with van der Waals surface area (Å²) in [5, 5.41) is 2.80. The number of amides is 1. The van der Waals surface area contributed by atoms with Crippen molar-refractivity contribution in [1.82, 2.24) is 15.3 Å². The first-order chi connectivity index (χ1) is 10.2. The highest BCUT2D eigenvalue weighted by atomic mass is 16.5. The minimum absolute atomic E-state index is 0.111. The van der Waals surface area contributed by atoms with Crippen LogP contribution < -0.4 is 26.2 Å². The van der Waals surface area contributed by atoms with E-state index >= 15 is 0 Å². The topological polar surface area (TPSA) is 115 Å². The van der Waals surface area contributed by atoms with E-state index in [1.54, 1.807) is 0 Å². The fraction of sp³-hybridized carbons (Fsp3) is 0.583. The van der Waals surface area contributed by atoms with Crippen LogP contribution in [0.5, 0.6) is 5.75 Å². The Morgan fingerprint density at radius 1 is 1.62 bits per heavy atom. The number of nitrogens with zero attached hydrogens (tertiary/aromatic N) is 3. The van der Waals surface area contributed by atoms with Gasteiger partial charge in [0.05, 0.1) is 20.3 Å². The van der Waals surface area contributed by atoms with E-state index < -0.39 is 6.04 Å². The Bertz CT molecular complexity index is 498. The number of carbonyl (C=O) groups is 1. The van der Waals surface area contributed by atoms with E-state index in [0.717, 1.165) is 0 Å². The van der Waals surface area contributed by atoms with Gasteiger partial charge in [-0.2, -0.15) is 0 Å². The Morgan fingerprint density at radius 3 is 3.10 bits per heavy atom. The molecule has 2 heterocycles. The number of nitrogens with two attached hydrogens (primary N) is 1. The number of aromatic nitrogens is 2.